The van der Waals surface area contributed by atoms with Crippen molar-refractivity contribution in [3.63, 3.8) is 0 Å². The van der Waals surface area contributed by atoms with Crippen molar-refractivity contribution < 1.29 is 14.6 Å². The van der Waals surface area contributed by atoms with Gasteiger partial charge in [-0.05, 0) is 37.2 Å². The highest BCUT2D eigenvalue weighted by Crippen LogP contribution is 2.32. The Bertz CT molecular complexity index is 468. The third kappa shape index (κ3) is 3.60. The Labute approximate surface area is 117 Å². The van der Waals surface area contributed by atoms with Crippen LogP contribution >= 0.6 is 11.6 Å². The molecule has 1 aromatic heterocycles. The highest BCUT2D eigenvalue weighted by molar-refractivity contribution is 6.32. The number of ether oxygens (including phenoxy) is 1. The number of hydrogen-bond donors (Lipinski definition) is 1. The smallest absolute Gasteiger partial charge is 0.337 e. The molecule has 1 heterocycles. The van der Waals surface area contributed by atoms with E-state index in [1.807, 2.05) is 0 Å². The first-order valence-corrected chi connectivity index (χ1v) is 6.89. The molecule has 1 aromatic rings. The van der Waals surface area contributed by atoms with Crippen molar-refractivity contribution in [3.8, 4) is 5.88 Å². The van der Waals surface area contributed by atoms with Crippen molar-refractivity contribution in [2.75, 3.05) is 0 Å². The molecule has 19 heavy (non-hydrogen) atoms. The van der Waals surface area contributed by atoms with Crippen LogP contribution in [0.1, 0.15) is 43.5 Å². The van der Waals surface area contributed by atoms with Crippen LogP contribution in [-0.4, -0.2) is 22.2 Å². The molecule has 1 aliphatic carbocycles. The quantitative estimate of drug-likeness (QED) is 0.920. The first-order valence-electron chi connectivity index (χ1n) is 6.51. The molecule has 0 amide bonds. The molecule has 2 atom stereocenters. The Kier molecular flexibility index (Phi) is 4.30. The van der Waals surface area contributed by atoms with Crippen LogP contribution in [0.25, 0.3) is 0 Å². The number of halogens is 1. The van der Waals surface area contributed by atoms with E-state index in [1.165, 1.54) is 18.7 Å². The predicted molar refractivity (Wildman–Crippen MR) is 72.8 cm³/mol. The third-order valence-corrected chi connectivity index (χ3v) is 3.74. The van der Waals surface area contributed by atoms with Crippen LogP contribution in [0, 0.1) is 11.8 Å². The normalized spacial score (nSPS) is 27.0. The molecule has 0 saturated heterocycles. The number of pyridine rings is 1. The van der Waals surface area contributed by atoms with Crippen LogP contribution in [0.5, 0.6) is 5.88 Å². The fourth-order valence-electron chi connectivity index (χ4n) is 2.76. The van der Waals surface area contributed by atoms with E-state index in [0.717, 1.165) is 12.8 Å². The first kappa shape index (κ1) is 14.1. The summed E-state index contributed by atoms with van der Waals surface area (Å²) in [6.07, 6.45) is 4.59. The van der Waals surface area contributed by atoms with Gasteiger partial charge in [-0.2, -0.15) is 0 Å². The van der Waals surface area contributed by atoms with Crippen molar-refractivity contribution in [3.05, 3.63) is 22.8 Å². The monoisotopic (exact) mass is 283 g/mol. The van der Waals surface area contributed by atoms with Gasteiger partial charge in [-0.3, -0.25) is 0 Å². The average Bonchev–Trinajstić information content (AvgIpc) is 2.30. The zero-order valence-electron chi connectivity index (χ0n) is 11.1. The molecule has 0 spiro atoms. The number of aromatic carboxylic acids is 1. The van der Waals surface area contributed by atoms with Gasteiger partial charge in [0.25, 0.3) is 0 Å². The molecule has 2 rings (SSSR count). The lowest BCUT2D eigenvalue weighted by Crippen LogP contribution is -2.28. The fourth-order valence-corrected chi connectivity index (χ4v) is 2.97. The fraction of sp³-hybridized carbons (Fsp3) is 0.571. The van der Waals surface area contributed by atoms with Gasteiger partial charge in [0, 0.05) is 6.20 Å². The molecule has 0 radical (unpaired) electrons. The van der Waals surface area contributed by atoms with Gasteiger partial charge >= 0.3 is 5.97 Å². The van der Waals surface area contributed by atoms with Gasteiger partial charge in [0.15, 0.2) is 0 Å². The topological polar surface area (TPSA) is 59.4 Å². The Hall–Kier alpha value is -1.29. The zero-order chi connectivity index (χ0) is 14.0. The number of carboxylic acids is 1. The SMILES string of the molecule is CC1CC(C)CC(Oc2ncc(C(=O)O)cc2Cl)C1. The van der Waals surface area contributed by atoms with Crippen molar-refractivity contribution in [2.24, 2.45) is 11.8 Å². The number of carbonyl (C=O) groups is 1. The Morgan fingerprint density at radius 1 is 1.37 bits per heavy atom. The highest BCUT2D eigenvalue weighted by Gasteiger charge is 2.26. The van der Waals surface area contributed by atoms with E-state index in [-0.39, 0.29) is 16.7 Å². The number of rotatable bonds is 3. The van der Waals surface area contributed by atoms with Gasteiger partial charge < -0.3 is 9.84 Å². The summed E-state index contributed by atoms with van der Waals surface area (Å²) in [6.45, 7) is 4.43. The van der Waals surface area contributed by atoms with Crippen LogP contribution < -0.4 is 4.74 Å². The summed E-state index contributed by atoms with van der Waals surface area (Å²) in [6, 6.07) is 1.38. The molecule has 0 aromatic carbocycles. The van der Waals surface area contributed by atoms with Crippen molar-refractivity contribution in [2.45, 2.75) is 39.2 Å². The summed E-state index contributed by atoms with van der Waals surface area (Å²) >= 11 is 6.01. The summed E-state index contributed by atoms with van der Waals surface area (Å²) in [5.41, 5.74) is 0.0720. The number of hydrogen-bond acceptors (Lipinski definition) is 3. The largest absolute Gasteiger partial charge is 0.478 e. The molecule has 104 valence electrons. The van der Waals surface area contributed by atoms with Crippen LogP contribution in [0.15, 0.2) is 12.3 Å². The molecule has 1 aliphatic rings. The summed E-state index contributed by atoms with van der Waals surface area (Å²) in [5.74, 6) is 0.551. The lowest BCUT2D eigenvalue weighted by molar-refractivity contribution is 0.0696. The summed E-state index contributed by atoms with van der Waals surface area (Å²) < 4.78 is 5.83. The Balaban J connectivity index is 2.08. The molecule has 5 heteroatoms. The molecule has 1 saturated carbocycles. The Morgan fingerprint density at radius 3 is 2.53 bits per heavy atom. The standard InChI is InChI=1S/C14H18ClNO3/c1-8-3-9(2)5-11(4-8)19-13-12(15)6-10(7-16-13)14(17)18/h6-9,11H,3-5H2,1-2H3,(H,17,18). The van der Waals surface area contributed by atoms with E-state index in [9.17, 15) is 4.79 Å². The van der Waals surface area contributed by atoms with E-state index in [4.69, 9.17) is 21.4 Å². The molecule has 0 aliphatic heterocycles. The maximum atomic E-state index is 10.8. The van der Waals surface area contributed by atoms with Crippen LogP contribution in [0.2, 0.25) is 5.02 Å². The predicted octanol–water partition coefficient (Wildman–Crippen LogP) is 3.64. The average molecular weight is 284 g/mol. The van der Waals surface area contributed by atoms with Gasteiger partial charge in [-0.15, -0.1) is 0 Å². The molecular formula is C14H18ClNO3. The van der Waals surface area contributed by atoms with Crippen LogP contribution in [0.4, 0.5) is 0 Å². The molecule has 1 N–H and O–H groups in total. The van der Waals surface area contributed by atoms with Gasteiger partial charge in [0.2, 0.25) is 5.88 Å². The van der Waals surface area contributed by atoms with Crippen LogP contribution in [0.3, 0.4) is 0 Å². The van der Waals surface area contributed by atoms with E-state index in [2.05, 4.69) is 18.8 Å². The lowest BCUT2D eigenvalue weighted by atomic mass is 9.82. The minimum absolute atomic E-state index is 0.0720. The van der Waals surface area contributed by atoms with Crippen molar-refractivity contribution in [1.82, 2.24) is 4.98 Å². The molecular weight excluding hydrogens is 266 g/mol. The zero-order valence-corrected chi connectivity index (χ0v) is 11.9. The van der Waals surface area contributed by atoms with E-state index in [1.54, 1.807) is 0 Å². The van der Waals surface area contributed by atoms with Crippen LogP contribution in [-0.2, 0) is 0 Å². The minimum Gasteiger partial charge on any atom is -0.478 e. The van der Waals surface area contributed by atoms with Crippen molar-refractivity contribution >= 4 is 17.6 Å². The van der Waals surface area contributed by atoms with E-state index < -0.39 is 5.97 Å². The molecule has 0 bridgehead atoms. The Morgan fingerprint density at radius 2 is 2.00 bits per heavy atom. The van der Waals surface area contributed by atoms with E-state index >= 15 is 0 Å². The summed E-state index contributed by atoms with van der Waals surface area (Å²) in [4.78, 5) is 14.8. The highest BCUT2D eigenvalue weighted by atomic mass is 35.5. The third-order valence-electron chi connectivity index (χ3n) is 3.47. The number of aromatic nitrogens is 1. The van der Waals surface area contributed by atoms with Gasteiger partial charge in [0.1, 0.15) is 11.1 Å². The van der Waals surface area contributed by atoms with Gasteiger partial charge in [0.05, 0.1) is 5.56 Å². The molecule has 4 nitrogen and oxygen atoms in total. The second-order valence-electron chi connectivity index (χ2n) is 5.47. The molecule has 2 unspecified atom stereocenters. The summed E-state index contributed by atoms with van der Waals surface area (Å²) in [5, 5.41) is 9.11. The number of carboxylic acid groups (broad SMARTS) is 1. The summed E-state index contributed by atoms with van der Waals surface area (Å²) in [7, 11) is 0. The number of nitrogens with zero attached hydrogens (tertiary/aromatic N) is 1. The van der Waals surface area contributed by atoms with Crippen molar-refractivity contribution in [1.29, 1.82) is 0 Å². The van der Waals surface area contributed by atoms with Gasteiger partial charge in [-0.1, -0.05) is 25.4 Å². The molecule has 1 fully saturated rings. The maximum absolute atomic E-state index is 10.8. The second kappa shape index (κ2) is 5.78. The second-order valence-corrected chi connectivity index (χ2v) is 5.88. The first-order chi connectivity index (χ1) is 8.95. The lowest BCUT2D eigenvalue weighted by Gasteiger charge is -2.31. The van der Waals surface area contributed by atoms with E-state index in [0.29, 0.717) is 17.7 Å². The maximum Gasteiger partial charge on any atom is 0.337 e. The van der Waals surface area contributed by atoms with Gasteiger partial charge in [-0.25, -0.2) is 9.78 Å². The minimum atomic E-state index is -1.04.